The van der Waals surface area contributed by atoms with Crippen molar-refractivity contribution in [2.45, 2.75) is 51.0 Å². The molecule has 1 amide bonds. The minimum absolute atomic E-state index is 0.0350. The van der Waals surface area contributed by atoms with Crippen molar-refractivity contribution in [3.63, 3.8) is 0 Å². The van der Waals surface area contributed by atoms with Crippen LogP contribution in [0.15, 0.2) is 48.5 Å². The van der Waals surface area contributed by atoms with Crippen LogP contribution in [0.2, 0.25) is 0 Å². The number of amidine groups is 1. The number of nitrogens with two attached hydrogens (primary N) is 1. The first-order valence-corrected chi connectivity index (χ1v) is 13.1. The Morgan fingerprint density at radius 3 is 2.74 bits per heavy atom. The predicted octanol–water partition coefficient (Wildman–Crippen LogP) is 4.09. The molecule has 0 aliphatic carbocycles. The van der Waals surface area contributed by atoms with Gasteiger partial charge >= 0.3 is 0 Å². The Morgan fingerprint density at radius 2 is 2.00 bits per heavy atom. The first-order chi connectivity index (χ1) is 16.9. The lowest BCUT2D eigenvalue weighted by molar-refractivity contribution is -0.120. The summed E-state index contributed by atoms with van der Waals surface area (Å²) in [5.74, 6) is 0.624. The van der Waals surface area contributed by atoms with Gasteiger partial charge in [0.15, 0.2) is 0 Å². The Balaban J connectivity index is 1.61. The van der Waals surface area contributed by atoms with Crippen LogP contribution in [-0.4, -0.2) is 67.9 Å². The van der Waals surface area contributed by atoms with Crippen LogP contribution in [0, 0.1) is 11.3 Å². The van der Waals surface area contributed by atoms with Gasteiger partial charge in [-0.3, -0.25) is 15.1 Å². The molecule has 188 valence electrons. The first kappa shape index (κ1) is 25.4. The summed E-state index contributed by atoms with van der Waals surface area (Å²) in [6, 6.07) is 16.4. The predicted molar refractivity (Wildman–Crippen MR) is 144 cm³/mol. The molecule has 2 aromatic rings. The normalized spacial score (nSPS) is 21.7. The summed E-state index contributed by atoms with van der Waals surface area (Å²) in [4.78, 5) is 21.0. The van der Waals surface area contributed by atoms with E-state index in [4.69, 9.17) is 11.1 Å². The molecular weight excluding hydrogens is 434 g/mol. The van der Waals surface area contributed by atoms with E-state index < -0.39 is 0 Å². The van der Waals surface area contributed by atoms with E-state index in [1.807, 2.05) is 30.3 Å². The molecule has 0 radical (unpaired) electrons. The molecule has 6 heteroatoms. The molecule has 0 aromatic heterocycles. The summed E-state index contributed by atoms with van der Waals surface area (Å²) in [5, 5.41) is 7.84. The molecule has 2 aliphatic heterocycles. The van der Waals surface area contributed by atoms with Gasteiger partial charge in [-0.25, -0.2) is 0 Å². The van der Waals surface area contributed by atoms with E-state index in [-0.39, 0.29) is 17.7 Å². The van der Waals surface area contributed by atoms with Gasteiger partial charge < -0.3 is 15.5 Å². The van der Waals surface area contributed by atoms with Crippen LogP contribution < -0.4 is 10.6 Å². The standard InChI is InChI=1S/C29H41N5O/c1-4-9-25(33-15-8-10-21(19-33)18-32(2)3)20-34-27-14-6-5-11-23(27)17-26(29(34)35)22-12-7-13-24(16-22)28(30)31/h5-7,11-14,16,21,25-26H,4,8-10,15,17-20H2,1-3H3,(H3,30,31). The highest BCUT2D eigenvalue weighted by Crippen LogP contribution is 2.36. The Bertz CT molecular complexity index is 1040. The Labute approximate surface area is 210 Å². The highest BCUT2D eigenvalue weighted by molar-refractivity contribution is 6.02. The van der Waals surface area contributed by atoms with E-state index in [2.05, 4.69) is 53.9 Å². The topological polar surface area (TPSA) is 76.7 Å². The number of amides is 1. The van der Waals surface area contributed by atoms with Crippen molar-refractivity contribution in [2.75, 3.05) is 45.2 Å². The summed E-state index contributed by atoms with van der Waals surface area (Å²) < 4.78 is 0. The van der Waals surface area contributed by atoms with Gasteiger partial charge in [-0.2, -0.15) is 0 Å². The molecule has 4 rings (SSSR count). The lowest BCUT2D eigenvalue weighted by atomic mass is 9.85. The quantitative estimate of drug-likeness (QED) is 0.423. The van der Waals surface area contributed by atoms with Crippen molar-refractivity contribution in [3.8, 4) is 0 Å². The van der Waals surface area contributed by atoms with Crippen LogP contribution in [0.25, 0.3) is 0 Å². The number of nitrogen functional groups attached to an aromatic ring is 1. The van der Waals surface area contributed by atoms with Crippen LogP contribution in [0.1, 0.15) is 55.2 Å². The second-order valence-electron chi connectivity index (χ2n) is 10.6. The van der Waals surface area contributed by atoms with Gasteiger partial charge in [0.2, 0.25) is 5.91 Å². The van der Waals surface area contributed by atoms with Crippen LogP contribution in [0.5, 0.6) is 0 Å². The van der Waals surface area contributed by atoms with Crippen molar-refractivity contribution in [1.29, 1.82) is 5.41 Å². The molecule has 2 aromatic carbocycles. The van der Waals surface area contributed by atoms with Crippen LogP contribution in [-0.2, 0) is 11.2 Å². The zero-order valence-corrected chi connectivity index (χ0v) is 21.5. The molecule has 35 heavy (non-hydrogen) atoms. The molecule has 2 heterocycles. The number of likely N-dealkylation sites (tertiary alicyclic amines) is 1. The van der Waals surface area contributed by atoms with Crippen molar-refractivity contribution in [2.24, 2.45) is 11.7 Å². The third kappa shape index (κ3) is 5.93. The Kier molecular flexibility index (Phi) is 8.24. The van der Waals surface area contributed by atoms with Crippen LogP contribution >= 0.6 is 0 Å². The lowest BCUT2D eigenvalue weighted by Gasteiger charge is -2.43. The smallest absolute Gasteiger partial charge is 0.234 e. The second-order valence-corrected chi connectivity index (χ2v) is 10.6. The van der Waals surface area contributed by atoms with E-state index in [0.29, 0.717) is 23.9 Å². The molecule has 1 saturated heterocycles. The van der Waals surface area contributed by atoms with Gasteiger partial charge in [0.25, 0.3) is 0 Å². The summed E-state index contributed by atoms with van der Waals surface area (Å²) in [5.41, 5.74) is 9.63. The number of fused-ring (bicyclic) bond motifs is 1. The van der Waals surface area contributed by atoms with Gasteiger partial charge in [0.05, 0.1) is 5.92 Å². The molecule has 6 nitrogen and oxygen atoms in total. The largest absolute Gasteiger partial charge is 0.384 e. The number of piperidine rings is 1. The molecule has 3 unspecified atom stereocenters. The zero-order valence-electron chi connectivity index (χ0n) is 21.5. The number of carbonyl (C=O) groups excluding carboxylic acids is 1. The molecule has 3 N–H and O–H groups in total. The fourth-order valence-corrected chi connectivity index (χ4v) is 5.96. The lowest BCUT2D eigenvalue weighted by Crippen LogP contribution is -2.52. The van der Waals surface area contributed by atoms with Crippen LogP contribution in [0.4, 0.5) is 5.69 Å². The second kappa shape index (κ2) is 11.4. The Morgan fingerprint density at radius 1 is 1.20 bits per heavy atom. The monoisotopic (exact) mass is 475 g/mol. The highest BCUT2D eigenvalue weighted by atomic mass is 16.2. The van der Waals surface area contributed by atoms with Gasteiger partial charge in [-0.15, -0.1) is 0 Å². The molecule has 3 atom stereocenters. The minimum Gasteiger partial charge on any atom is -0.384 e. The Hall–Kier alpha value is -2.70. The number of anilines is 1. The maximum absolute atomic E-state index is 14.0. The molecule has 0 saturated carbocycles. The fraction of sp³-hybridized carbons (Fsp3) is 0.517. The van der Waals surface area contributed by atoms with E-state index in [1.165, 1.54) is 18.4 Å². The highest BCUT2D eigenvalue weighted by Gasteiger charge is 2.36. The number of nitrogens with one attached hydrogen (secondary N) is 1. The van der Waals surface area contributed by atoms with E-state index in [1.54, 1.807) is 0 Å². The number of rotatable bonds is 9. The summed E-state index contributed by atoms with van der Waals surface area (Å²) >= 11 is 0. The number of para-hydroxylation sites is 1. The average Bonchev–Trinajstić information content (AvgIpc) is 2.84. The number of hydrogen-bond acceptors (Lipinski definition) is 4. The van der Waals surface area contributed by atoms with E-state index in [9.17, 15) is 4.79 Å². The summed E-state index contributed by atoms with van der Waals surface area (Å²) in [6.07, 6.45) is 5.38. The first-order valence-electron chi connectivity index (χ1n) is 13.1. The summed E-state index contributed by atoms with van der Waals surface area (Å²) in [6.45, 7) is 6.31. The van der Waals surface area contributed by atoms with Gasteiger partial charge in [0.1, 0.15) is 5.84 Å². The van der Waals surface area contributed by atoms with E-state index in [0.717, 1.165) is 50.3 Å². The van der Waals surface area contributed by atoms with Crippen molar-refractivity contribution < 1.29 is 4.79 Å². The molecular formula is C29H41N5O. The molecule has 1 fully saturated rings. The fourth-order valence-electron chi connectivity index (χ4n) is 5.96. The van der Waals surface area contributed by atoms with Crippen molar-refractivity contribution in [1.82, 2.24) is 9.80 Å². The number of hydrogen-bond donors (Lipinski definition) is 2. The average molecular weight is 476 g/mol. The van der Waals surface area contributed by atoms with E-state index >= 15 is 0 Å². The minimum atomic E-state index is -0.255. The maximum atomic E-state index is 14.0. The number of carbonyl (C=O) groups is 1. The molecule has 2 aliphatic rings. The third-order valence-electron chi connectivity index (χ3n) is 7.58. The number of benzene rings is 2. The van der Waals surface area contributed by atoms with Crippen LogP contribution in [0.3, 0.4) is 0 Å². The third-order valence-corrected chi connectivity index (χ3v) is 7.58. The number of nitrogens with zero attached hydrogens (tertiary/aromatic N) is 3. The molecule has 0 bridgehead atoms. The van der Waals surface area contributed by atoms with Gasteiger partial charge in [-0.1, -0.05) is 49.7 Å². The summed E-state index contributed by atoms with van der Waals surface area (Å²) in [7, 11) is 4.32. The molecule has 0 spiro atoms. The van der Waals surface area contributed by atoms with Gasteiger partial charge in [-0.05, 0) is 75.5 Å². The zero-order chi connectivity index (χ0) is 24.9. The van der Waals surface area contributed by atoms with Crippen molar-refractivity contribution in [3.05, 3.63) is 65.2 Å². The van der Waals surface area contributed by atoms with Crippen molar-refractivity contribution >= 4 is 17.4 Å². The van der Waals surface area contributed by atoms with Gasteiger partial charge in [0, 0.05) is 36.9 Å². The SMILES string of the molecule is CCCC(CN1C(=O)C(c2cccc(C(=N)N)c2)Cc2ccccc21)N1CCCC(CN(C)C)C1. The maximum Gasteiger partial charge on any atom is 0.234 e.